The molecule has 1 N–H and O–H groups in total. The average Bonchev–Trinajstić information content (AvgIpc) is 2.65. The molecule has 1 atom stereocenters. The highest BCUT2D eigenvalue weighted by atomic mass is 16.5. The predicted octanol–water partition coefficient (Wildman–Crippen LogP) is 3.92. The minimum absolute atomic E-state index is 0.0455. The molecule has 0 spiro atoms. The molecule has 0 amide bonds. The van der Waals surface area contributed by atoms with E-state index in [4.69, 9.17) is 4.74 Å². The van der Waals surface area contributed by atoms with Gasteiger partial charge in [0, 0.05) is 6.54 Å². The Labute approximate surface area is 165 Å². The van der Waals surface area contributed by atoms with Crippen LogP contribution >= 0.6 is 0 Å². The van der Waals surface area contributed by atoms with Crippen molar-refractivity contribution in [3.05, 3.63) is 56.9 Å². The van der Waals surface area contributed by atoms with Crippen LogP contribution < -0.4 is 10.3 Å². The van der Waals surface area contributed by atoms with Gasteiger partial charge in [-0.2, -0.15) is 5.26 Å². The van der Waals surface area contributed by atoms with Crippen molar-refractivity contribution in [1.29, 1.82) is 5.26 Å². The second-order valence-corrected chi connectivity index (χ2v) is 7.12. The van der Waals surface area contributed by atoms with Crippen LogP contribution in [0.1, 0.15) is 67.1 Å². The van der Waals surface area contributed by atoms with E-state index in [1.165, 1.54) is 6.92 Å². The number of carbonyl (C=O) groups excluding carboxylic acids is 1. The van der Waals surface area contributed by atoms with Crippen molar-refractivity contribution in [2.24, 2.45) is 0 Å². The number of aromatic hydroxyl groups is 1. The van der Waals surface area contributed by atoms with E-state index in [1.54, 1.807) is 19.1 Å². The standard InChI is InChI=1S/C22H26N2O4/c1-6-11-24-21(26)18(12-23)14(4)19(22(24)27)20(25)15(5)28-17-9-7-16(8-10-17)13(2)3/h7-10,13,15,27H,6,11H2,1-5H3. The Kier molecular flexibility index (Phi) is 6.63. The summed E-state index contributed by atoms with van der Waals surface area (Å²) in [6.45, 7) is 9.31. The zero-order chi connectivity index (χ0) is 21.0. The van der Waals surface area contributed by atoms with Crippen molar-refractivity contribution in [3.63, 3.8) is 0 Å². The molecule has 0 radical (unpaired) electrons. The first-order valence-electron chi connectivity index (χ1n) is 9.40. The quantitative estimate of drug-likeness (QED) is 0.733. The Bertz CT molecular complexity index is 966. The van der Waals surface area contributed by atoms with Crippen molar-refractivity contribution in [3.8, 4) is 17.7 Å². The van der Waals surface area contributed by atoms with Crippen LogP contribution in [0.3, 0.4) is 0 Å². The smallest absolute Gasteiger partial charge is 0.271 e. The van der Waals surface area contributed by atoms with Gasteiger partial charge in [-0.3, -0.25) is 14.2 Å². The molecule has 1 unspecified atom stereocenters. The molecule has 0 aliphatic heterocycles. The number of pyridine rings is 1. The van der Waals surface area contributed by atoms with Crippen LogP contribution in [0, 0.1) is 18.3 Å². The van der Waals surface area contributed by atoms with Crippen molar-refractivity contribution in [2.75, 3.05) is 0 Å². The molecular weight excluding hydrogens is 356 g/mol. The van der Waals surface area contributed by atoms with Crippen molar-refractivity contribution < 1.29 is 14.6 Å². The number of aromatic nitrogens is 1. The number of hydrogen-bond donors (Lipinski definition) is 1. The van der Waals surface area contributed by atoms with Crippen molar-refractivity contribution in [1.82, 2.24) is 4.57 Å². The fraction of sp³-hybridized carbons (Fsp3) is 0.409. The fourth-order valence-corrected chi connectivity index (χ4v) is 3.07. The molecule has 0 bridgehead atoms. The molecule has 0 saturated heterocycles. The lowest BCUT2D eigenvalue weighted by Gasteiger charge is -2.19. The zero-order valence-electron chi connectivity index (χ0n) is 16.9. The van der Waals surface area contributed by atoms with Crippen LogP contribution in [0.25, 0.3) is 0 Å². The summed E-state index contributed by atoms with van der Waals surface area (Å²) in [5, 5.41) is 19.9. The van der Waals surface area contributed by atoms with E-state index >= 15 is 0 Å². The van der Waals surface area contributed by atoms with E-state index in [0.29, 0.717) is 18.1 Å². The van der Waals surface area contributed by atoms with E-state index in [0.717, 1.165) is 10.1 Å². The molecular formula is C22H26N2O4. The normalized spacial score (nSPS) is 11.9. The number of hydrogen-bond acceptors (Lipinski definition) is 5. The average molecular weight is 382 g/mol. The topological polar surface area (TPSA) is 92.3 Å². The summed E-state index contributed by atoms with van der Waals surface area (Å²) in [4.78, 5) is 25.4. The number of carbonyl (C=O) groups is 1. The summed E-state index contributed by atoms with van der Waals surface area (Å²) >= 11 is 0. The van der Waals surface area contributed by atoms with Crippen LogP contribution in [0.15, 0.2) is 29.1 Å². The molecule has 6 heteroatoms. The highest BCUT2D eigenvalue weighted by molar-refractivity contribution is 6.03. The summed E-state index contributed by atoms with van der Waals surface area (Å²) in [7, 11) is 0. The van der Waals surface area contributed by atoms with Crippen LogP contribution in [0.5, 0.6) is 11.6 Å². The Hall–Kier alpha value is -3.07. The highest BCUT2D eigenvalue weighted by Crippen LogP contribution is 2.25. The van der Waals surface area contributed by atoms with Gasteiger partial charge in [0.15, 0.2) is 6.10 Å². The van der Waals surface area contributed by atoms with Gasteiger partial charge < -0.3 is 9.84 Å². The molecule has 2 rings (SSSR count). The summed E-state index contributed by atoms with van der Waals surface area (Å²) in [6, 6.07) is 9.32. The summed E-state index contributed by atoms with van der Waals surface area (Å²) in [5.74, 6) is 0.0183. The van der Waals surface area contributed by atoms with Gasteiger partial charge in [0.2, 0.25) is 11.7 Å². The lowest BCUT2D eigenvalue weighted by Crippen LogP contribution is -2.30. The monoisotopic (exact) mass is 382 g/mol. The third-order valence-electron chi connectivity index (χ3n) is 4.72. The lowest BCUT2D eigenvalue weighted by molar-refractivity contribution is 0.0812. The number of ether oxygens (including phenoxy) is 1. The molecule has 1 heterocycles. The maximum Gasteiger partial charge on any atom is 0.271 e. The van der Waals surface area contributed by atoms with Gasteiger partial charge >= 0.3 is 0 Å². The van der Waals surface area contributed by atoms with Gasteiger partial charge in [0.1, 0.15) is 17.4 Å². The molecule has 1 aromatic carbocycles. The SMILES string of the molecule is CCCn1c(O)c(C(=O)C(C)Oc2ccc(C(C)C)cc2)c(C)c(C#N)c1=O. The van der Waals surface area contributed by atoms with Crippen molar-refractivity contribution in [2.45, 2.75) is 59.6 Å². The Morgan fingerprint density at radius 2 is 1.86 bits per heavy atom. The molecule has 1 aromatic heterocycles. The largest absolute Gasteiger partial charge is 0.494 e. The Morgan fingerprint density at radius 1 is 1.25 bits per heavy atom. The van der Waals surface area contributed by atoms with Gasteiger partial charge in [-0.25, -0.2) is 0 Å². The first-order valence-corrected chi connectivity index (χ1v) is 9.40. The van der Waals surface area contributed by atoms with Crippen LogP contribution in [0.2, 0.25) is 0 Å². The number of nitriles is 1. The maximum atomic E-state index is 13.0. The Balaban J connectivity index is 2.41. The number of ketones is 1. The van der Waals surface area contributed by atoms with E-state index < -0.39 is 23.3 Å². The molecule has 0 fully saturated rings. The third-order valence-corrected chi connectivity index (χ3v) is 4.72. The van der Waals surface area contributed by atoms with Gasteiger partial charge in [0.05, 0.1) is 5.56 Å². The van der Waals surface area contributed by atoms with Gasteiger partial charge in [-0.1, -0.05) is 32.9 Å². The molecule has 0 aliphatic rings. The van der Waals surface area contributed by atoms with E-state index in [2.05, 4.69) is 13.8 Å². The van der Waals surface area contributed by atoms with E-state index in [9.17, 15) is 20.0 Å². The first kappa shape index (κ1) is 21.2. The van der Waals surface area contributed by atoms with Crippen LogP contribution in [-0.4, -0.2) is 21.6 Å². The Morgan fingerprint density at radius 3 is 2.36 bits per heavy atom. The number of Topliss-reactive ketones (excluding diaryl/α,β-unsaturated/α-hetero) is 1. The minimum Gasteiger partial charge on any atom is -0.494 e. The minimum atomic E-state index is -0.895. The number of benzene rings is 1. The van der Waals surface area contributed by atoms with E-state index in [1.807, 2.05) is 25.1 Å². The van der Waals surface area contributed by atoms with Gasteiger partial charge in [0.25, 0.3) is 5.56 Å². The number of rotatable bonds is 7. The fourth-order valence-electron chi connectivity index (χ4n) is 3.07. The second-order valence-electron chi connectivity index (χ2n) is 7.12. The van der Waals surface area contributed by atoms with Gasteiger partial charge in [-0.05, 0) is 49.4 Å². The summed E-state index contributed by atoms with van der Waals surface area (Å²) in [5.41, 5.74) is 0.561. The number of nitrogens with zero attached hydrogens (tertiary/aromatic N) is 2. The second kappa shape index (κ2) is 8.75. The molecule has 0 saturated carbocycles. The van der Waals surface area contributed by atoms with E-state index in [-0.39, 0.29) is 23.2 Å². The summed E-state index contributed by atoms with van der Waals surface area (Å²) < 4.78 is 6.82. The maximum absolute atomic E-state index is 13.0. The molecule has 2 aromatic rings. The highest BCUT2D eigenvalue weighted by Gasteiger charge is 2.28. The van der Waals surface area contributed by atoms with Crippen LogP contribution in [0.4, 0.5) is 0 Å². The molecule has 28 heavy (non-hydrogen) atoms. The summed E-state index contributed by atoms with van der Waals surface area (Å²) in [6.07, 6.45) is -0.322. The van der Waals surface area contributed by atoms with Crippen LogP contribution in [-0.2, 0) is 6.54 Å². The lowest BCUT2D eigenvalue weighted by atomic mass is 9.99. The molecule has 0 aliphatic carbocycles. The first-order chi connectivity index (χ1) is 13.2. The zero-order valence-corrected chi connectivity index (χ0v) is 16.9. The predicted molar refractivity (Wildman–Crippen MR) is 107 cm³/mol. The van der Waals surface area contributed by atoms with Crippen molar-refractivity contribution >= 4 is 5.78 Å². The molecule has 6 nitrogen and oxygen atoms in total. The van der Waals surface area contributed by atoms with Gasteiger partial charge in [-0.15, -0.1) is 0 Å². The third kappa shape index (κ3) is 4.09. The molecule has 148 valence electrons.